The fourth-order valence-electron chi connectivity index (χ4n) is 3.54. The second kappa shape index (κ2) is 8.31. The Kier molecular flexibility index (Phi) is 5.60. The van der Waals surface area contributed by atoms with E-state index in [1.807, 2.05) is 19.1 Å². The zero-order valence-corrected chi connectivity index (χ0v) is 16.8. The van der Waals surface area contributed by atoms with Gasteiger partial charge in [-0.1, -0.05) is 48.9 Å². The molecule has 5 nitrogen and oxygen atoms in total. The molecule has 2 aromatic carbocycles. The molecule has 0 radical (unpaired) electrons. The van der Waals surface area contributed by atoms with Gasteiger partial charge in [0.05, 0.1) is 24.3 Å². The van der Waals surface area contributed by atoms with E-state index in [0.29, 0.717) is 32.1 Å². The molecule has 5 heteroatoms. The summed E-state index contributed by atoms with van der Waals surface area (Å²) in [5.74, 6) is 1.22. The number of aromatic nitrogens is 2. The molecule has 1 aliphatic heterocycles. The van der Waals surface area contributed by atoms with Crippen molar-refractivity contribution in [3.05, 3.63) is 89.0 Å². The normalized spacial score (nSPS) is 16.1. The lowest BCUT2D eigenvalue weighted by molar-refractivity contribution is -0.0380. The summed E-state index contributed by atoms with van der Waals surface area (Å²) in [5.41, 5.74) is 4.44. The van der Waals surface area contributed by atoms with E-state index in [2.05, 4.69) is 53.3 Å². The van der Waals surface area contributed by atoms with E-state index in [9.17, 15) is 5.11 Å². The largest absolute Gasteiger partial charge is 0.487 e. The SMILES string of the molecule is CCC(O)c1nccc(COc2ccc(C3(c4ccc(C)cc4)COC3)cc2)n1. The van der Waals surface area contributed by atoms with Crippen LogP contribution in [-0.2, 0) is 16.8 Å². The molecule has 1 saturated heterocycles. The van der Waals surface area contributed by atoms with Crippen LogP contribution in [-0.4, -0.2) is 28.3 Å². The minimum atomic E-state index is -0.642. The van der Waals surface area contributed by atoms with Crippen molar-refractivity contribution < 1.29 is 14.6 Å². The minimum absolute atomic E-state index is 0.0793. The Hall–Kier alpha value is -2.76. The van der Waals surface area contributed by atoms with Crippen molar-refractivity contribution in [2.75, 3.05) is 13.2 Å². The molecule has 3 aromatic rings. The molecule has 0 bridgehead atoms. The molecule has 0 amide bonds. The Bertz CT molecular complexity index is 951. The van der Waals surface area contributed by atoms with E-state index in [4.69, 9.17) is 9.47 Å². The summed E-state index contributed by atoms with van der Waals surface area (Å²) in [6.07, 6.45) is 1.60. The van der Waals surface area contributed by atoms with Crippen LogP contribution in [0.3, 0.4) is 0 Å². The highest BCUT2D eigenvalue weighted by molar-refractivity contribution is 5.44. The molecule has 1 atom stereocenters. The van der Waals surface area contributed by atoms with Crippen molar-refractivity contribution in [2.24, 2.45) is 0 Å². The van der Waals surface area contributed by atoms with Crippen molar-refractivity contribution >= 4 is 0 Å². The van der Waals surface area contributed by atoms with E-state index in [1.54, 1.807) is 12.3 Å². The number of ether oxygens (including phenoxy) is 2. The minimum Gasteiger partial charge on any atom is -0.487 e. The average Bonchev–Trinajstić information content (AvgIpc) is 2.73. The highest BCUT2D eigenvalue weighted by Crippen LogP contribution is 2.39. The van der Waals surface area contributed by atoms with Crippen LogP contribution in [0.1, 0.15) is 47.7 Å². The molecular weight excluding hydrogens is 364 g/mol. The van der Waals surface area contributed by atoms with Crippen LogP contribution in [0.15, 0.2) is 60.8 Å². The fraction of sp³-hybridized carbons (Fsp3) is 0.333. The van der Waals surface area contributed by atoms with Crippen LogP contribution < -0.4 is 4.74 Å². The van der Waals surface area contributed by atoms with Gasteiger partial charge in [-0.15, -0.1) is 0 Å². The van der Waals surface area contributed by atoms with Gasteiger partial charge in [-0.3, -0.25) is 0 Å². The summed E-state index contributed by atoms with van der Waals surface area (Å²) in [6.45, 7) is 5.72. The Morgan fingerprint density at radius 3 is 2.28 bits per heavy atom. The Balaban J connectivity index is 1.46. The highest BCUT2D eigenvalue weighted by Gasteiger charge is 2.41. The summed E-state index contributed by atoms with van der Waals surface area (Å²) in [5, 5.41) is 9.91. The van der Waals surface area contributed by atoms with Crippen molar-refractivity contribution in [1.82, 2.24) is 9.97 Å². The highest BCUT2D eigenvalue weighted by atomic mass is 16.5. The number of hydrogen-bond donors (Lipinski definition) is 1. The number of aliphatic hydroxyl groups excluding tert-OH is 1. The molecule has 150 valence electrons. The first-order valence-electron chi connectivity index (χ1n) is 9.99. The zero-order chi connectivity index (χ0) is 20.3. The number of benzene rings is 2. The first-order chi connectivity index (χ1) is 14.1. The van der Waals surface area contributed by atoms with Gasteiger partial charge in [0.1, 0.15) is 18.5 Å². The maximum absolute atomic E-state index is 9.91. The van der Waals surface area contributed by atoms with Crippen LogP contribution in [0.4, 0.5) is 0 Å². The third-order valence-corrected chi connectivity index (χ3v) is 5.51. The molecule has 0 saturated carbocycles. The van der Waals surface area contributed by atoms with Crippen molar-refractivity contribution in [1.29, 1.82) is 0 Å². The lowest BCUT2D eigenvalue weighted by atomic mass is 9.73. The molecule has 1 unspecified atom stereocenters. The molecular formula is C24H26N2O3. The third kappa shape index (κ3) is 4.02. The van der Waals surface area contributed by atoms with E-state index < -0.39 is 6.10 Å². The van der Waals surface area contributed by atoms with E-state index >= 15 is 0 Å². The first kappa shape index (κ1) is 19.6. The standard InChI is InChI=1S/C24H26N2O3/c1-3-22(27)23-25-13-12-20(26-23)14-29-21-10-8-19(9-11-21)24(15-28-16-24)18-6-4-17(2)5-7-18/h4-13,22,27H,3,14-16H2,1-2H3. The molecule has 1 N–H and O–H groups in total. The van der Waals surface area contributed by atoms with E-state index in [-0.39, 0.29) is 5.41 Å². The second-order valence-electron chi connectivity index (χ2n) is 7.58. The molecule has 1 aliphatic rings. The van der Waals surface area contributed by atoms with Crippen molar-refractivity contribution in [3.8, 4) is 5.75 Å². The van der Waals surface area contributed by atoms with Crippen LogP contribution >= 0.6 is 0 Å². The van der Waals surface area contributed by atoms with Gasteiger partial charge in [-0.2, -0.15) is 0 Å². The lowest BCUT2D eigenvalue weighted by Crippen LogP contribution is -2.47. The first-order valence-corrected chi connectivity index (χ1v) is 9.99. The Labute approximate surface area is 171 Å². The van der Waals surface area contributed by atoms with Gasteiger partial charge in [-0.25, -0.2) is 9.97 Å². The number of rotatable bonds is 7. The van der Waals surface area contributed by atoms with Crippen LogP contribution in [0, 0.1) is 6.92 Å². The predicted octanol–water partition coefficient (Wildman–Crippen LogP) is 4.12. The van der Waals surface area contributed by atoms with Crippen LogP contribution in [0.5, 0.6) is 5.75 Å². The van der Waals surface area contributed by atoms with Gasteiger partial charge < -0.3 is 14.6 Å². The number of nitrogens with zero attached hydrogens (tertiary/aromatic N) is 2. The number of aliphatic hydroxyl groups is 1. The average molecular weight is 390 g/mol. The van der Waals surface area contributed by atoms with Gasteiger partial charge in [-0.05, 0) is 42.7 Å². The maximum atomic E-state index is 9.91. The van der Waals surface area contributed by atoms with Crippen molar-refractivity contribution in [3.63, 3.8) is 0 Å². The molecule has 0 aliphatic carbocycles. The number of aryl methyl sites for hydroxylation is 1. The van der Waals surface area contributed by atoms with E-state index in [0.717, 1.165) is 11.4 Å². The molecule has 0 spiro atoms. The summed E-state index contributed by atoms with van der Waals surface area (Å²) in [6, 6.07) is 18.7. The molecule has 2 heterocycles. The van der Waals surface area contributed by atoms with Gasteiger partial charge in [0.25, 0.3) is 0 Å². The van der Waals surface area contributed by atoms with E-state index in [1.165, 1.54) is 16.7 Å². The topological polar surface area (TPSA) is 64.5 Å². The van der Waals surface area contributed by atoms with Crippen LogP contribution in [0.25, 0.3) is 0 Å². The zero-order valence-electron chi connectivity index (χ0n) is 16.8. The quantitative estimate of drug-likeness (QED) is 0.657. The monoisotopic (exact) mass is 390 g/mol. The van der Waals surface area contributed by atoms with Crippen LogP contribution in [0.2, 0.25) is 0 Å². The van der Waals surface area contributed by atoms with Crippen molar-refractivity contribution in [2.45, 2.75) is 38.4 Å². The molecule has 1 aromatic heterocycles. The fourth-order valence-corrected chi connectivity index (χ4v) is 3.54. The second-order valence-corrected chi connectivity index (χ2v) is 7.58. The molecule has 29 heavy (non-hydrogen) atoms. The summed E-state index contributed by atoms with van der Waals surface area (Å²) in [7, 11) is 0. The Morgan fingerprint density at radius 1 is 1.03 bits per heavy atom. The lowest BCUT2D eigenvalue weighted by Gasteiger charge is -2.42. The van der Waals surface area contributed by atoms with Gasteiger partial charge in [0, 0.05) is 6.20 Å². The van der Waals surface area contributed by atoms with Gasteiger partial charge in [0.15, 0.2) is 5.82 Å². The third-order valence-electron chi connectivity index (χ3n) is 5.51. The Morgan fingerprint density at radius 2 is 1.69 bits per heavy atom. The maximum Gasteiger partial charge on any atom is 0.157 e. The van der Waals surface area contributed by atoms with Gasteiger partial charge >= 0.3 is 0 Å². The molecule has 4 rings (SSSR count). The number of hydrogen-bond acceptors (Lipinski definition) is 5. The smallest absolute Gasteiger partial charge is 0.157 e. The summed E-state index contributed by atoms with van der Waals surface area (Å²) < 4.78 is 11.5. The molecule has 1 fully saturated rings. The predicted molar refractivity (Wildman–Crippen MR) is 111 cm³/mol. The van der Waals surface area contributed by atoms with Gasteiger partial charge in [0.2, 0.25) is 0 Å². The summed E-state index contributed by atoms with van der Waals surface area (Å²) >= 11 is 0. The summed E-state index contributed by atoms with van der Waals surface area (Å²) in [4.78, 5) is 8.51.